The summed E-state index contributed by atoms with van der Waals surface area (Å²) in [5.41, 5.74) is 1.68. The summed E-state index contributed by atoms with van der Waals surface area (Å²) in [5, 5.41) is 9.38. The third kappa shape index (κ3) is 3.44. The molecule has 0 radical (unpaired) electrons. The average Bonchev–Trinajstić information content (AvgIpc) is 3.16. The highest BCUT2D eigenvalue weighted by atomic mass is 32.1. The number of benzene rings is 2. The first-order valence-electron chi connectivity index (χ1n) is 7.17. The maximum absolute atomic E-state index is 13.6. The third-order valence-corrected chi connectivity index (χ3v) is 6.37. The fourth-order valence-electron chi connectivity index (χ4n) is 2.13. The first kappa shape index (κ1) is 15.7. The lowest BCUT2D eigenvalue weighted by atomic mass is 10.2. The van der Waals surface area contributed by atoms with E-state index in [1.165, 1.54) is 0 Å². The van der Waals surface area contributed by atoms with Gasteiger partial charge >= 0.3 is 7.37 Å². The molecule has 3 nitrogen and oxygen atoms in total. The summed E-state index contributed by atoms with van der Waals surface area (Å²) >= 11 is 1.59. The van der Waals surface area contributed by atoms with Crippen LogP contribution in [0, 0.1) is 0 Å². The Labute approximate surface area is 139 Å². The van der Waals surface area contributed by atoms with Crippen molar-refractivity contribution in [2.75, 3.05) is 0 Å². The minimum atomic E-state index is -3.26. The Balaban J connectivity index is 2.00. The molecule has 0 unspecified atom stereocenters. The molecule has 0 amide bonds. The lowest BCUT2D eigenvalue weighted by molar-refractivity contribution is 0.349. The van der Waals surface area contributed by atoms with E-state index in [-0.39, 0.29) is 0 Å². The third-order valence-electron chi connectivity index (χ3n) is 3.42. The predicted molar refractivity (Wildman–Crippen MR) is 97.4 cm³/mol. The molecule has 0 fully saturated rings. The van der Waals surface area contributed by atoms with Gasteiger partial charge in [0, 0.05) is 5.56 Å². The highest BCUT2D eigenvalue weighted by Crippen LogP contribution is 2.44. The molecule has 2 aromatic carbocycles. The van der Waals surface area contributed by atoms with Crippen LogP contribution < -0.4 is 10.6 Å². The van der Waals surface area contributed by atoms with E-state index in [2.05, 4.69) is 5.16 Å². The van der Waals surface area contributed by atoms with Crippen LogP contribution in [0.2, 0.25) is 0 Å². The van der Waals surface area contributed by atoms with Gasteiger partial charge in [-0.25, -0.2) is 0 Å². The first-order chi connectivity index (χ1) is 11.2. The predicted octanol–water partition coefficient (Wildman–Crippen LogP) is 4.42. The zero-order valence-corrected chi connectivity index (χ0v) is 14.3. The summed E-state index contributed by atoms with van der Waals surface area (Å²) in [6, 6.07) is 20.4. The normalized spacial score (nSPS) is 12.1. The molecular formula is C18H16NO2PS. The van der Waals surface area contributed by atoms with Crippen molar-refractivity contribution >= 4 is 35.0 Å². The van der Waals surface area contributed by atoms with Crippen LogP contribution in [0.5, 0.6) is 0 Å². The molecule has 1 aromatic heterocycles. The van der Waals surface area contributed by atoms with Crippen LogP contribution in [0.4, 0.5) is 0 Å². The van der Waals surface area contributed by atoms with Gasteiger partial charge in [-0.15, -0.1) is 0 Å². The standard InChI is InChI=1S/C18H16NO2PS/c1-15(16-12-13-23-14-16)19-21-22(20,17-8-4-2-5-9-17)18-10-6-3-7-11-18/h2-14H,1H3/b19-15+. The Kier molecular flexibility index (Phi) is 4.75. The number of hydrogen-bond donors (Lipinski definition) is 0. The van der Waals surface area contributed by atoms with Crippen molar-refractivity contribution in [1.82, 2.24) is 0 Å². The van der Waals surface area contributed by atoms with Gasteiger partial charge in [0.25, 0.3) is 0 Å². The minimum absolute atomic E-state index is 0.632. The molecule has 0 N–H and O–H groups in total. The number of nitrogens with zero attached hydrogens (tertiary/aromatic N) is 1. The van der Waals surface area contributed by atoms with Gasteiger partial charge in [-0.2, -0.15) is 11.3 Å². The van der Waals surface area contributed by atoms with E-state index >= 15 is 0 Å². The Morgan fingerprint density at radius 2 is 1.52 bits per heavy atom. The summed E-state index contributed by atoms with van der Waals surface area (Å²) < 4.78 is 19.2. The molecular weight excluding hydrogens is 325 g/mol. The molecule has 5 heteroatoms. The molecule has 1 heterocycles. The summed E-state index contributed by atoms with van der Waals surface area (Å²) in [5.74, 6) is 0. The van der Waals surface area contributed by atoms with Crippen molar-refractivity contribution < 1.29 is 9.19 Å². The number of oxime groups is 1. The second-order valence-electron chi connectivity index (χ2n) is 4.99. The lowest BCUT2D eigenvalue weighted by Gasteiger charge is -2.16. The van der Waals surface area contributed by atoms with Crippen LogP contribution in [-0.4, -0.2) is 5.71 Å². The van der Waals surface area contributed by atoms with Gasteiger partial charge in [-0.1, -0.05) is 41.6 Å². The monoisotopic (exact) mass is 341 g/mol. The summed E-state index contributed by atoms with van der Waals surface area (Å²) in [6.07, 6.45) is 0. The fraction of sp³-hybridized carbons (Fsp3) is 0.0556. The van der Waals surface area contributed by atoms with Crippen molar-refractivity contribution in [3.05, 3.63) is 83.1 Å². The molecule has 23 heavy (non-hydrogen) atoms. The van der Waals surface area contributed by atoms with Crippen molar-refractivity contribution in [2.24, 2.45) is 5.16 Å². The molecule has 0 aliphatic rings. The van der Waals surface area contributed by atoms with Crippen molar-refractivity contribution in [3.8, 4) is 0 Å². The first-order valence-corrected chi connectivity index (χ1v) is 9.74. The van der Waals surface area contributed by atoms with Gasteiger partial charge in [-0.05, 0) is 48.0 Å². The lowest BCUT2D eigenvalue weighted by Crippen LogP contribution is -2.17. The summed E-state index contributed by atoms with van der Waals surface area (Å²) in [7, 11) is -3.26. The second-order valence-corrected chi connectivity index (χ2v) is 8.07. The van der Waals surface area contributed by atoms with Gasteiger partial charge in [0.1, 0.15) is 0 Å². The van der Waals surface area contributed by atoms with Crippen LogP contribution in [0.1, 0.15) is 12.5 Å². The second kappa shape index (κ2) is 6.95. The van der Waals surface area contributed by atoms with E-state index < -0.39 is 7.37 Å². The minimum Gasteiger partial charge on any atom is -0.330 e. The average molecular weight is 341 g/mol. The van der Waals surface area contributed by atoms with Gasteiger partial charge in [0.15, 0.2) is 0 Å². The largest absolute Gasteiger partial charge is 0.330 e. The molecule has 3 aromatic rings. The molecule has 0 spiro atoms. The summed E-state index contributed by atoms with van der Waals surface area (Å²) in [6.45, 7) is 1.85. The Hall–Kier alpha value is -2.16. The number of thiophene rings is 1. The van der Waals surface area contributed by atoms with Gasteiger partial charge in [-0.3, -0.25) is 4.57 Å². The zero-order chi connectivity index (χ0) is 16.1. The van der Waals surface area contributed by atoms with Gasteiger partial charge < -0.3 is 4.62 Å². The van der Waals surface area contributed by atoms with E-state index in [0.717, 1.165) is 5.56 Å². The molecule has 0 saturated heterocycles. The van der Waals surface area contributed by atoms with E-state index in [0.29, 0.717) is 16.3 Å². The highest BCUT2D eigenvalue weighted by Gasteiger charge is 2.30. The summed E-state index contributed by atoms with van der Waals surface area (Å²) in [4.78, 5) is 0. The van der Waals surface area contributed by atoms with Gasteiger partial charge in [0.2, 0.25) is 0 Å². The van der Waals surface area contributed by atoms with E-state index in [1.54, 1.807) is 11.3 Å². The Morgan fingerprint density at radius 3 is 2.00 bits per heavy atom. The van der Waals surface area contributed by atoms with Crippen LogP contribution in [-0.2, 0) is 9.19 Å². The van der Waals surface area contributed by atoms with Crippen LogP contribution >= 0.6 is 18.7 Å². The molecule has 0 aliphatic heterocycles. The quantitative estimate of drug-likeness (QED) is 0.391. The van der Waals surface area contributed by atoms with Crippen LogP contribution in [0.15, 0.2) is 82.6 Å². The van der Waals surface area contributed by atoms with Crippen molar-refractivity contribution in [2.45, 2.75) is 6.92 Å². The molecule has 0 aliphatic carbocycles. The molecule has 0 bridgehead atoms. The van der Waals surface area contributed by atoms with Crippen molar-refractivity contribution in [1.29, 1.82) is 0 Å². The van der Waals surface area contributed by atoms with Gasteiger partial charge in [0.05, 0.1) is 16.3 Å². The fourth-order valence-corrected chi connectivity index (χ4v) is 4.69. The highest BCUT2D eigenvalue weighted by molar-refractivity contribution is 7.74. The smallest absolute Gasteiger partial charge is 0.330 e. The Morgan fingerprint density at radius 1 is 0.957 bits per heavy atom. The van der Waals surface area contributed by atoms with E-state index in [1.807, 2.05) is 84.4 Å². The SMILES string of the molecule is C/C(=N\OP(=O)(c1ccccc1)c1ccccc1)c1ccsc1. The zero-order valence-electron chi connectivity index (χ0n) is 12.6. The van der Waals surface area contributed by atoms with Crippen LogP contribution in [0.3, 0.4) is 0 Å². The number of hydrogen-bond acceptors (Lipinski definition) is 4. The van der Waals surface area contributed by atoms with Crippen molar-refractivity contribution in [3.63, 3.8) is 0 Å². The van der Waals surface area contributed by atoms with Crippen LogP contribution in [0.25, 0.3) is 0 Å². The molecule has 116 valence electrons. The van der Waals surface area contributed by atoms with E-state index in [4.69, 9.17) is 4.62 Å². The Bertz CT molecular complexity index is 786. The molecule has 0 saturated carbocycles. The maximum Gasteiger partial charge on any atom is 0.330 e. The molecule has 3 rings (SSSR count). The number of rotatable bonds is 5. The maximum atomic E-state index is 13.6. The topological polar surface area (TPSA) is 38.7 Å². The van der Waals surface area contributed by atoms with E-state index in [9.17, 15) is 4.57 Å². The molecule has 0 atom stereocenters.